The van der Waals surface area contributed by atoms with Crippen molar-refractivity contribution in [3.8, 4) is 0 Å². The van der Waals surface area contributed by atoms with Gasteiger partial charge in [0.1, 0.15) is 5.15 Å². The van der Waals surface area contributed by atoms with Crippen LogP contribution in [-0.4, -0.2) is 9.97 Å². The number of halogens is 1. The molecule has 0 aliphatic carbocycles. The molecule has 0 saturated carbocycles. The zero-order chi connectivity index (χ0) is 9.26. The molecule has 2 aromatic rings. The van der Waals surface area contributed by atoms with E-state index in [4.69, 9.17) is 18.2 Å². The van der Waals surface area contributed by atoms with Gasteiger partial charge in [-0.15, -0.1) is 0 Å². The number of benzene rings is 1. The maximum atomic E-state index is 6.81. The minimum absolute atomic E-state index is 0.364. The fourth-order valence-corrected chi connectivity index (χ4v) is 1.19. The van der Waals surface area contributed by atoms with Crippen molar-refractivity contribution in [2.75, 3.05) is 0 Å². The van der Waals surface area contributed by atoms with Gasteiger partial charge in [0, 0.05) is 0 Å². The lowest BCUT2D eigenvalue weighted by Crippen LogP contribution is -1.82. The Labute approximate surface area is 79.8 Å². The van der Waals surface area contributed by atoms with Crippen LogP contribution in [0.1, 0.15) is 0 Å². The van der Waals surface area contributed by atoms with E-state index in [1.807, 2.05) is 0 Å². The first-order valence-electron chi connectivity index (χ1n) is 3.59. The lowest BCUT2D eigenvalue weighted by Gasteiger charge is -1.96. The molecule has 0 unspecified atom stereocenters. The molecule has 0 N–H and O–H groups in total. The van der Waals surface area contributed by atoms with Crippen molar-refractivity contribution >= 4 is 28.3 Å². The number of nitrogens with zero attached hydrogens (tertiary/aromatic N) is 3. The highest BCUT2D eigenvalue weighted by Crippen LogP contribution is 2.19. The summed E-state index contributed by atoms with van der Waals surface area (Å²) >= 11 is 5.66. The Morgan fingerprint density at radius 1 is 1.31 bits per heavy atom. The largest absolute Gasteiger partial charge is 0.253 e. The van der Waals surface area contributed by atoms with E-state index < -0.39 is 0 Å². The van der Waals surface area contributed by atoms with Gasteiger partial charge in [-0.3, -0.25) is 4.98 Å². The van der Waals surface area contributed by atoms with Crippen LogP contribution >= 0.6 is 11.6 Å². The molecule has 13 heavy (non-hydrogen) atoms. The van der Waals surface area contributed by atoms with E-state index in [0.29, 0.717) is 21.9 Å². The molecule has 1 aromatic heterocycles. The SMILES string of the molecule is [C-]#[N+]c1ccc2nc(Cl)cnc2c1. The molecule has 0 atom stereocenters. The van der Waals surface area contributed by atoms with Crippen molar-refractivity contribution in [3.63, 3.8) is 0 Å². The van der Waals surface area contributed by atoms with Gasteiger partial charge in [0.25, 0.3) is 0 Å². The molecule has 0 bridgehead atoms. The Bertz CT molecular complexity index is 502. The highest BCUT2D eigenvalue weighted by Gasteiger charge is 1.98. The molecule has 0 fully saturated rings. The van der Waals surface area contributed by atoms with Crippen molar-refractivity contribution < 1.29 is 0 Å². The van der Waals surface area contributed by atoms with Crippen molar-refractivity contribution in [3.05, 3.63) is 41.0 Å². The Morgan fingerprint density at radius 3 is 2.92 bits per heavy atom. The fourth-order valence-electron chi connectivity index (χ4n) is 1.05. The molecule has 3 nitrogen and oxygen atoms in total. The van der Waals surface area contributed by atoms with Crippen molar-refractivity contribution in [1.82, 2.24) is 9.97 Å². The number of fused-ring (bicyclic) bond motifs is 1. The topological polar surface area (TPSA) is 30.1 Å². The Morgan fingerprint density at radius 2 is 2.15 bits per heavy atom. The van der Waals surface area contributed by atoms with E-state index >= 15 is 0 Å². The van der Waals surface area contributed by atoms with Crippen molar-refractivity contribution in [2.45, 2.75) is 0 Å². The van der Waals surface area contributed by atoms with Gasteiger partial charge in [-0.05, 0) is 12.1 Å². The number of rotatable bonds is 0. The van der Waals surface area contributed by atoms with Crippen LogP contribution in [0.2, 0.25) is 5.15 Å². The monoisotopic (exact) mass is 189 g/mol. The predicted octanol–water partition coefficient (Wildman–Crippen LogP) is 2.83. The lowest BCUT2D eigenvalue weighted by molar-refractivity contribution is 1.29. The van der Waals surface area contributed by atoms with E-state index in [1.54, 1.807) is 18.2 Å². The summed E-state index contributed by atoms with van der Waals surface area (Å²) in [6.45, 7) is 6.81. The summed E-state index contributed by atoms with van der Waals surface area (Å²) in [5.41, 5.74) is 1.96. The molecule has 0 amide bonds. The second kappa shape index (κ2) is 3.00. The average Bonchev–Trinajstić information content (AvgIpc) is 2.17. The molecule has 2 rings (SSSR count). The summed E-state index contributed by atoms with van der Waals surface area (Å²) in [4.78, 5) is 11.4. The third-order valence-corrected chi connectivity index (χ3v) is 1.81. The smallest absolute Gasteiger partial charge is 0.189 e. The minimum atomic E-state index is 0.364. The van der Waals surface area contributed by atoms with Gasteiger partial charge < -0.3 is 0 Å². The normalized spacial score (nSPS) is 9.85. The highest BCUT2D eigenvalue weighted by atomic mass is 35.5. The summed E-state index contributed by atoms with van der Waals surface area (Å²) in [6.07, 6.45) is 1.47. The second-order valence-electron chi connectivity index (χ2n) is 2.48. The minimum Gasteiger partial charge on any atom is -0.253 e. The standard InChI is InChI=1S/C9H4ClN3/c1-11-6-2-3-7-8(4-6)12-5-9(10)13-7/h2-5H. The van der Waals surface area contributed by atoms with E-state index in [-0.39, 0.29) is 0 Å². The summed E-state index contributed by atoms with van der Waals surface area (Å²) in [7, 11) is 0. The fraction of sp³-hybridized carbons (Fsp3) is 0. The molecule has 62 valence electrons. The molecule has 0 aliphatic heterocycles. The molecule has 1 heterocycles. The van der Waals surface area contributed by atoms with E-state index in [0.717, 1.165) is 0 Å². The Kier molecular flexibility index (Phi) is 1.84. The first-order chi connectivity index (χ1) is 6.29. The number of hydrogen-bond donors (Lipinski definition) is 0. The molecular weight excluding hydrogens is 186 g/mol. The summed E-state index contributed by atoms with van der Waals surface area (Å²) in [5.74, 6) is 0. The molecule has 0 spiro atoms. The average molecular weight is 190 g/mol. The van der Waals surface area contributed by atoms with Gasteiger partial charge in [0.2, 0.25) is 0 Å². The maximum absolute atomic E-state index is 6.81. The third-order valence-electron chi connectivity index (χ3n) is 1.63. The zero-order valence-corrected chi connectivity index (χ0v) is 7.28. The van der Waals surface area contributed by atoms with Crippen LogP contribution in [0.5, 0.6) is 0 Å². The molecular formula is C9H4ClN3. The summed E-state index contributed by atoms with van der Waals surface area (Å²) < 4.78 is 0. The number of hydrogen-bond acceptors (Lipinski definition) is 2. The van der Waals surface area contributed by atoms with Gasteiger partial charge in [-0.25, -0.2) is 9.83 Å². The van der Waals surface area contributed by atoms with Gasteiger partial charge >= 0.3 is 0 Å². The predicted molar refractivity (Wildman–Crippen MR) is 50.8 cm³/mol. The van der Waals surface area contributed by atoms with Crippen molar-refractivity contribution in [2.24, 2.45) is 0 Å². The quantitative estimate of drug-likeness (QED) is 0.597. The van der Waals surface area contributed by atoms with Crippen LogP contribution in [0.4, 0.5) is 5.69 Å². The highest BCUT2D eigenvalue weighted by molar-refractivity contribution is 6.29. The van der Waals surface area contributed by atoms with Crippen LogP contribution in [0, 0.1) is 6.57 Å². The van der Waals surface area contributed by atoms with Gasteiger partial charge in [-0.1, -0.05) is 17.7 Å². The van der Waals surface area contributed by atoms with Gasteiger partial charge in [-0.2, -0.15) is 0 Å². The molecule has 0 radical (unpaired) electrons. The van der Waals surface area contributed by atoms with Gasteiger partial charge in [0.05, 0.1) is 23.8 Å². The van der Waals surface area contributed by atoms with Crippen molar-refractivity contribution in [1.29, 1.82) is 0 Å². The van der Waals surface area contributed by atoms with Crippen LogP contribution < -0.4 is 0 Å². The van der Waals surface area contributed by atoms with E-state index in [9.17, 15) is 0 Å². The van der Waals surface area contributed by atoms with E-state index in [2.05, 4.69) is 14.8 Å². The lowest BCUT2D eigenvalue weighted by atomic mass is 10.3. The summed E-state index contributed by atoms with van der Waals surface area (Å²) in [6, 6.07) is 5.12. The van der Waals surface area contributed by atoms with Gasteiger partial charge in [0.15, 0.2) is 5.69 Å². The maximum Gasteiger partial charge on any atom is 0.189 e. The zero-order valence-electron chi connectivity index (χ0n) is 6.53. The van der Waals surface area contributed by atoms with Crippen LogP contribution in [-0.2, 0) is 0 Å². The second-order valence-corrected chi connectivity index (χ2v) is 2.86. The van der Waals surface area contributed by atoms with Crippen LogP contribution in [0.3, 0.4) is 0 Å². The Hall–Kier alpha value is -1.66. The number of aromatic nitrogens is 2. The molecule has 1 aromatic carbocycles. The molecule has 4 heteroatoms. The van der Waals surface area contributed by atoms with E-state index in [1.165, 1.54) is 6.20 Å². The molecule has 0 aliphatic rings. The third kappa shape index (κ3) is 1.44. The first-order valence-corrected chi connectivity index (χ1v) is 3.97. The van der Waals surface area contributed by atoms with Crippen LogP contribution in [0.25, 0.3) is 15.9 Å². The summed E-state index contributed by atoms with van der Waals surface area (Å²) in [5, 5.41) is 0.364. The van der Waals surface area contributed by atoms with Crippen LogP contribution in [0.15, 0.2) is 24.4 Å². The first kappa shape index (κ1) is 7.96. The Balaban J connectivity index is 2.75. The molecule has 0 saturated heterocycles.